The van der Waals surface area contributed by atoms with Crippen LogP contribution in [-0.2, 0) is 13.2 Å². The third-order valence-electron chi connectivity index (χ3n) is 3.15. The maximum absolute atomic E-state index is 9.45. The normalized spacial score (nSPS) is 10.7. The van der Waals surface area contributed by atoms with Crippen molar-refractivity contribution in [1.82, 2.24) is 0 Å². The van der Waals surface area contributed by atoms with E-state index in [-0.39, 0.29) is 6.61 Å². The molecule has 0 aliphatic rings. The molecular formula is C17H19BrO2. The van der Waals surface area contributed by atoms with Crippen LogP contribution in [0.3, 0.4) is 0 Å². The molecule has 0 saturated heterocycles. The number of aryl methyl sites for hydroxylation is 3. The van der Waals surface area contributed by atoms with E-state index in [4.69, 9.17) is 4.74 Å². The molecule has 2 aromatic rings. The van der Waals surface area contributed by atoms with E-state index < -0.39 is 0 Å². The lowest BCUT2D eigenvalue weighted by Crippen LogP contribution is -2.01. The number of aliphatic hydroxyl groups is 1. The second-order valence-electron chi connectivity index (χ2n) is 5.15. The van der Waals surface area contributed by atoms with E-state index >= 15 is 0 Å². The number of ether oxygens (including phenoxy) is 1. The van der Waals surface area contributed by atoms with Crippen LogP contribution in [0.5, 0.6) is 5.75 Å². The van der Waals surface area contributed by atoms with Crippen LogP contribution >= 0.6 is 15.9 Å². The molecule has 3 heteroatoms. The fourth-order valence-electron chi connectivity index (χ4n) is 2.43. The molecule has 0 spiro atoms. The van der Waals surface area contributed by atoms with Crippen LogP contribution in [0.4, 0.5) is 0 Å². The van der Waals surface area contributed by atoms with Crippen molar-refractivity contribution in [3.05, 3.63) is 62.6 Å². The monoisotopic (exact) mass is 334 g/mol. The molecule has 0 atom stereocenters. The first-order chi connectivity index (χ1) is 9.49. The number of aliphatic hydroxyl groups excluding tert-OH is 1. The highest BCUT2D eigenvalue weighted by molar-refractivity contribution is 9.10. The zero-order valence-electron chi connectivity index (χ0n) is 12.0. The molecule has 2 aromatic carbocycles. The maximum Gasteiger partial charge on any atom is 0.128 e. The summed E-state index contributed by atoms with van der Waals surface area (Å²) in [5.74, 6) is 0.773. The van der Waals surface area contributed by atoms with E-state index in [0.717, 1.165) is 26.9 Å². The number of halogens is 1. The molecule has 0 aromatic heterocycles. The highest BCUT2D eigenvalue weighted by Gasteiger charge is 2.09. The summed E-state index contributed by atoms with van der Waals surface area (Å²) in [6.45, 7) is 6.64. The van der Waals surface area contributed by atoms with Crippen LogP contribution in [0.25, 0.3) is 0 Å². The maximum atomic E-state index is 9.45. The first-order valence-electron chi connectivity index (χ1n) is 6.59. The van der Waals surface area contributed by atoms with Crippen LogP contribution in [0.15, 0.2) is 34.8 Å². The van der Waals surface area contributed by atoms with Crippen molar-refractivity contribution in [2.45, 2.75) is 34.0 Å². The summed E-state index contributed by atoms with van der Waals surface area (Å²) >= 11 is 3.44. The highest BCUT2D eigenvalue weighted by Crippen LogP contribution is 2.29. The van der Waals surface area contributed by atoms with Crippen molar-refractivity contribution in [2.24, 2.45) is 0 Å². The van der Waals surface area contributed by atoms with Gasteiger partial charge in [-0.05, 0) is 44.0 Å². The molecular weight excluding hydrogens is 316 g/mol. The van der Waals surface area contributed by atoms with Gasteiger partial charge in [0, 0.05) is 10.0 Å². The number of hydrogen-bond acceptors (Lipinski definition) is 2. The molecule has 2 nitrogen and oxygen atoms in total. The SMILES string of the molecule is Cc1cc(C)cc(COc2c(C)cc(Br)cc2CO)c1. The minimum absolute atomic E-state index is 0.0253. The summed E-state index contributed by atoms with van der Waals surface area (Å²) in [6, 6.07) is 10.3. The van der Waals surface area contributed by atoms with Gasteiger partial charge in [-0.1, -0.05) is 45.3 Å². The smallest absolute Gasteiger partial charge is 0.128 e. The molecule has 0 amide bonds. The molecule has 0 heterocycles. The highest BCUT2D eigenvalue weighted by atomic mass is 79.9. The third kappa shape index (κ3) is 3.62. The van der Waals surface area contributed by atoms with Crippen molar-refractivity contribution in [3.8, 4) is 5.75 Å². The van der Waals surface area contributed by atoms with Crippen LogP contribution in [0.2, 0.25) is 0 Å². The van der Waals surface area contributed by atoms with Crippen LogP contribution in [0, 0.1) is 20.8 Å². The van der Waals surface area contributed by atoms with Gasteiger partial charge >= 0.3 is 0 Å². The van der Waals surface area contributed by atoms with Crippen molar-refractivity contribution in [2.75, 3.05) is 0 Å². The average molecular weight is 335 g/mol. The van der Waals surface area contributed by atoms with E-state index in [1.165, 1.54) is 11.1 Å². The Balaban J connectivity index is 2.22. The second kappa shape index (κ2) is 6.42. The largest absolute Gasteiger partial charge is 0.488 e. The van der Waals surface area contributed by atoms with E-state index in [9.17, 15) is 5.11 Å². The molecule has 0 bridgehead atoms. The fraction of sp³-hybridized carbons (Fsp3) is 0.294. The second-order valence-corrected chi connectivity index (χ2v) is 6.07. The van der Waals surface area contributed by atoms with Gasteiger partial charge in [-0.25, -0.2) is 0 Å². The van der Waals surface area contributed by atoms with Crippen LogP contribution in [0.1, 0.15) is 27.8 Å². The van der Waals surface area contributed by atoms with E-state index in [1.54, 1.807) is 0 Å². The Kier molecular flexibility index (Phi) is 4.84. The Morgan fingerprint density at radius 3 is 2.25 bits per heavy atom. The first-order valence-corrected chi connectivity index (χ1v) is 7.38. The summed E-state index contributed by atoms with van der Waals surface area (Å²) in [6.07, 6.45) is 0. The lowest BCUT2D eigenvalue weighted by Gasteiger charge is -2.14. The Labute approximate surface area is 128 Å². The topological polar surface area (TPSA) is 29.5 Å². The predicted octanol–water partition coefficient (Wildman–Crippen LogP) is 4.45. The Morgan fingerprint density at radius 2 is 1.65 bits per heavy atom. The van der Waals surface area contributed by atoms with Crippen LogP contribution in [-0.4, -0.2) is 5.11 Å². The van der Waals surface area contributed by atoms with Gasteiger partial charge in [0.1, 0.15) is 12.4 Å². The molecule has 0 saturated carbocycles. The van der Waals surface area contributed by atoms with Crippen LogP contribution < -0.4 is 4.74 Å². The first kappa shape index (κ1) is 15.1. The van der Waals surface area contributed by atoms with Gasteiger partial charge in [-0.2, -0.15) is 0 Å². The van der Waals surface area contributed by atoms with Crippen molar-refractivity contribution >= 4 is 15.9 Å². The zero-order valence-corrected chi connectivity index (χ0v) is 13.6. The Morgan fingerprint density at radius 1 is 1.00 bits per heavy atom. The molecule has 1 N–H and O–H groups in total. The summed E-state index contributed by atoms with van der Waals surface area (Å²) in [5.41, 5.74) is 5.44. The van der Waals surface area contributed by atoms with E-state index in [0.29, 0.717) is 6.61 Å². The number of benzene rings is 2. The minimum atomic E-state index is -0.0253. The zero-order chi connectivity index (χ0) is 14.7. The van der Waals surface area contributed by atoms with Gasteiger partial charge in [0.15, 0.2) is 0 Å². The molecule has 0 aliphatic heterocycles. The molecule has 2 rings (SSSR count). The van der Waals surface area contributed by atoms with Crippen molar-refractivity contribution in [3.63, 3.8) is 0 Å². The standard InChI is InChI=1S/C17H19BrO2/c1-11-4-12(2)6-14(5-11)10-20-17-13(3)7-16(18)8-15(17)9-19/h4-8,19H,9-10H2,1-3H3. The van der Waals surface area contributed by atoms with Crippen molar-refractivity contribution < 1.29 is 9.84 Å². The molecule has 0 radical (unpaired) electrons. The summed E-state index contributed by atoms with van der Waals surface area (Å²) < 4.78 is 6.89. The molecule has 20 heavy (non-hydrogen) atoms. The third-order valence-corrected chi connectivity index (χ3v) is 3.61. The van der Waals surface area contributed by atoms with Gasteiger partial charge in [-0.15, -0.1) is 0 Å². The Bertz CT molecular complexity index is 600. The lowest BCUT2D eigenvalue weighted by atomic mass is 10.1. The molecule has 106 valence electrons. The van der Waals surface area contributed by atoms with Gasteiger partial charge in [0.05, 0.1) is 6.61 Å². The summed E-state index contributed by atoms with van der Waals surface area (Å²) in [4.78, 5) is 0. The fourth-order valence-corrected chi connectivity index (χ4v) is 3.05. The number of hydrogen-bond donors (Lipinski definition) is 1. The van der Waals surface area contributed by atoms with Gasteiger partial charge in [-0.3, -0.25) is 0 Å². The van der Waals surface area contributed by atoms with Crippen molar-refractivity contribution in [1.29, 1.82) is 0 Å². The predicted molar refractivity (Wildman–Crippen MR) is 85.0 cm³/mol. The Hall–Kier alpha value is -1.32. The molecule has 0 fully saturated rings. The van der Waals surface area contributed by atoms with Gasteiger partial charge in [0.2, 0.25) is 0 Å². The minimum Gasteiger partial charge on any atom is -0.488 e. The van der Waals surface area contributed by atoms with Gasteiger partial charge < -0.3 is 9.84 Å². The molecule has 0 unspecified atom stereocenters. The molecule has 0 aliphatic carbocycles. The quantitative estimate of drug-likeness (QED) is 0.895. The summed E-state index contributed by atoms with van der Waals surface area (Å²) in [7, 11) is 0. The van der Waals surface area contributed by atoms with E-state index in [1.807, 2.05) is 19.1 Å². The average Bonchev–Trinajstić information content (AvgIpc) is 2.35. The lowest BCUT2D eigenvalue weighted by molar-refractivity contribution is 0.258. The van der Waals surface area contributed by atoms with E-state index in [2.05, 4.69) is 48.0 Å². The summed E-state index contributed by atoms with van der Waals surface area (Å²) in [5, 5.41) is 9.45. The number of rotatable bonds is 4. The van der Waals surface area contributed by atoms with Gasteiger partial charge in [0.25, 0.3) is 0 Å².